The van der Waals surface area contributed by atoms with Crippen LogP contribution in [0.1, 0.15) is 5.56 Å². The molecule has 0 aliphatic rings. The Hall–Kier alpha value is -2.36. The third-order valence-electron chi connectivity index (χ3n) is 2.84. The second-order valence-electron chi connectivity index (χ2n) is 4.03. The van der Waals surface area contributed by atoms with E-state index in [1.165, 1.54) is 5.56 Å². The molecule has 0 bridgehead atoms. The van der Waals surface area contributed by atoms with Crippen LogP contribution in [0, 0.1) is 0 Å². The van der Waals surface area contributed by atoms with Crippen LogP contribution in [0.2, 0.25) is 0 Å². The van der Waals surface area contributed by atoms with E-state index in [0.29, 0.717) is 12.4 Å². The van der Waals surface area contributed by atoms with Crippen LogP contribution in [-0.2, 0) is 6.54 Å². The first-order chi connectivity index (χ1) is 8.88. The SMILES string of the molecule is COc1nn(Cc2ccccc2)c2ncccc12. The first-order valence-electron chi connectivity index (χ1n) is 5.78. The number of pyridine rings is 1. The minimum Gasteiger partial charge on any atom is -0.479 e. The van der Waals surface area contributed by atoms with Gasteiger partial charge >= 0.3 is 0 Å². The zero-order chi connectivity index (χ0) is 12.4. The fourth-order valence-electron chi connectivity index (χ4n) is 2.00. The first-order valence-corrected chi connectivity index (χ1v) is 5.78. The second-order valence-corrected chi connectivity index (χ2v) is 4.03. The summed E-state index contributed by atoms with van der Waals surface area (Å²) in [6.45, 7) is 0.692. The van der Waals surface area contributed by atoms with Crippen LogP contribution in [-0.4, -0.2) is 21.9 Å². The van der Waals surface area contributed by atoms with Crippen LogP contribution in [0.5, 0.6) is 5.88 Å². The molecule has 0 unspecified atom stereocenters. The summed E-state index contributed by atoms with van der Waals surface area (Å²) in [6, 6.07) is 14.0. The summed E-state index contributed by atoms with van der Waals surface area (Å²) in [6.07, 6.45) is 1.77. The van der Waals surface area contributed by atoms with E-state index in [-0.39, 0.29) is 0 Å². The lowest BCUT2D eigenvalue weighted by molar-refractivity contribution is 0.394. The normalized spacial score (nSPS) is 10.7. The Balaban J connectivity index is 2.07. The number of fused-ring (bicyclic) bond motifs is 1. The number of benzene rings is 1. The zero-order valence-electron chi connectivity index (χ0n) is 10.1. The molecule has 0 saturated carbocycles. The Bertz CT molecular complexity index is 661. The molecule has 0 saturated heterocycles. The maximum absolute atomic E-state index is 5.27. The van der Waals surface area contributed by atoms with E-state index in [4.69, 9.17) is 4.74 Å². The molecule has 0 fully saturated rings. The van der Waals surface area contributed by atoms with Gasteiger partial charge in [-0.15, -0.1) is 5.10 Å². The van der Waals surface area contributed by atoms with Crippen LogP contribution in [0.4, 0.5) is 0 Å². The summed E-state index contributed by atoms with van der Waals surface area (Å²) in [4.78, 5) is 4.37. The molecule has 0 aliphatic carbocycles. The van der Waals surface area contributed by atoms with Gasteiger partial charge in [0.05, 0.1) is 19.0 Å². The van der Waals surface area contributed by atoms with Gasteiger partial charge in [0.15, 0.2) is 5.65 Å². The molecular weight excluding hydrogens is 226 g/mol. The molecule has 4 nitrogen and oxygen atoms in total. The molecule has 0 radical (unpaired) electrons. The van der Waals surface area contributed by atoms with Crippen LogP contribution >= 0.6 is 0 Å². The van der Waals surface area contributed by atoms with Crippen molar-refractivity contribution >= 4 is 11.0 Å². The van der Waals surface area contributed by atoms with Crippen molar-refractivity contribution in [2.45, 2.75) is 6.54 Å². The van der Waals surface area contributed by atoms with E-state index in [1.54, 1.807) is 13.3 Å². The van der Waals surface area contributed by atoms with Crippen molar-refractivity contribution in [1.29, 1.82) is 0 Å². The van der Waals surface area contributed by atoms with Gasteiger partial charge in [-0.1, -0.05) is 30.3 Å². The van der Waals surface area contributed by atoms with Crippen LogP contribution < -0.4 is 4.74 Å². The van der Waals surface area contributed by atoms with E-state index in [9.17, 15) is 0 Å². The quantitative estimate of drug-likeness (QED) is 0.705. The lowest BCUT2D eigenvalue weighted by Crippen LogP contribution is -2.02. The van der Waals surface area contributed by atoms with Gasteiger partial charge < -0.3 is 4.74 Å². The minimum atomic E-state index is 0.619. The molecule has 0 N–H and O–H groups in total. The molecule has 2 aromatic heterocycles. The third-order valence-corrected chi connectivity index (χ3v) is 2.84. The highest BCUT2D eigenvalue weighted by Gasteiger charge is 2.11. The molecule has 0 spiro atoms. The highest BCUT2D eigenvalue weighted by Crippen LogP contribution is 2.23. The fraction of sp³-hybridized carbons (Fsp3) is 0.143. The Labute approximate surface area is 105 Å². The molecule has 2 heterocycles. The van der Waals surface area contributed by atoms with Crippen molar-refractivity contribution in [1.82, 2.24) is 14.8 Å². The topological polar surface area (TPSA) is 39.9 Å². The van der Waals surface area contributed by atoms with Crippen LogP contribution in [0.3, 0.4) is 0 Å². The van der Waals surface area contributed by atoms with Gasteiger partial charge in [-0.2, -0.15) is 0 Å². The number of rotatable bonds is 3. The van der Waals surface area contributed by atoms with Gasteiger partial charge in [0.1, 0.15) is 0 Å². The molecule has 0 atom stereocenters. The van der Waals surface area contributed by atoms with Crippen molar-refractivity contribution in [2.75, 3.05) is 7.11 Å². The van der Waals surface area contributed by atoms with E-state index in [0.717, 1.165) is 11.0 Å². The summed E-state index contributed by atoms with van der Waals surface area (Å²) >= 11 is 0. The van der Waals surface area contributed by atoms with Gasteiger partial charge in [-0.05, 0) is 17.7 Å². The molecule has 0 amide bonds. The van der Waals surface area contributed by atoms with Gasteiger partial charge in [-0.3, -0.25) is 0 Å². The Morgan fingerprint density at radius 3 is 2.72 bits per heavy atom. The summed E-state index contributed by atoms with van der Waals surface area (Å²) in [5.74, 6) is 0.619. The molecule has 3 rings (SSSR count). The number of methoxy groups -OCH3 is 1. The monoisotopic (exact) mass is 239 g/mol. The predicted octanol–water partition coefficient (Wildman–Crippen LogP) is 2.49. The highest BCUT2D eigenvalue weighted by atomic mass is 16.5. The lowest BCUT2D eigenvalue weighted by atomic mass is 10.2. The van der Waals surface area contributed by atoms with Crippen molar-refractivity contribution in [3.8, 4) is 5.88 Å². The Morgan fingerprint density at radius 2 is 1.94 bits per heavy atom. The minimum absolute atomic E-state index is 0.619. The molecule has 4 heteroatoms. The largest absolute Gasteiger partial charge is 0.479 e. The summed E-state index contributed by atoms with van der Waals surface area (Å²) < 4.78 is 7.14. The van der Waals surface area contributed by atoms with Crippen molar-refractivity contribution in [3.63, 3.8) is 0 Å². The second kappa shape index (κ2) is 4.49. The average Bonchev–Trinajstić information content (AvgIpc) is 2.78. The number of hydrogen-bond acceptors (Lipinski definition) is 3. The Kier molecular flexibility index (Phi) is 2.68. The molecule has 18 heavy (non-hydrogen) atoms. The number of hydrogen-bond donors (Lipinski definition) is 0. The van der Waals surface area contributed by atoms with E-state index < -0.39 is 0 Å². The molecular formula is C14H13N3O. The number of nitrogens with zero attached hydrogens (tertiary/aromatic N) is 3. The van der Waals surface area contributed by atoms with Gasteiger partial charge in [0.25, 0.3) is 0 Å². The van der Waals surface area contributed by atoms with E-state index >= 15 is 0 Å². The van der Waals surface area contributed by atoms with Crippen LogP contribution in [0.25, 0.3) is 11.0 Å². The first kappa shape index (κ1) is 10.8. The maximum Gasteiger partial charge on any atom is 0.242 e. The predicted molar refractivity (Wildman–Crippen MR) is 69.6 cm³/mol. The van der Waals surface area contributed by atoms with E-state index in [2.05, 4.69) is 22.2 Å². The summed E-state index contributed by atoms with van der Waals surface area (Å²) in [5, 5.41) is 5.38. The lowest BCUT2D eigenvalue weighted by Gasteiger charge is -2.02. The molecule has 1 aromatic carbocycles. The van der Waals surface area contributed by atoms with Gasteiger partial charge in [0.2, 0.25) is 5.88 Å². The average molecular weight is 239 g/mol. The van der Waals surface area contributed by atoms with Crippen LogP contribution in [0.15, 0.2) is 48.7 Å². The van der Waals surface area contributed by atoms with Crippen molar-refractivity contribution in [3.05, 3.63) is 54.2 Å². The Morgan fingerprint density at radius 1 is 1.11 bits per heavy atom. The zero-order valence-corrected chi connectivity index (χ0v) is 10.1. The molecule has 0 aliphatic heterocycles. The highest BCUT2D eigenvalue weighted by molar-refractivity contribution is 5.81. The smallest absolute Gasteiger partial charge is 0.242 e. The maximum atomic E-state index is 5.27. The third kappa shape index (κ3) is 1.82. The number of ether oxygens (including phenoxy) is 1. The van der Waals surface area contributed by atoms with Crippen molar-refractivity contribution in [2.24, 2.45) is 0 Å². The standard InChI is InChI=1S/C14H13N3O/c1-18-14-12-8-5-9-15-13(12)17(16-14)10-11-6-3-2-4-7-11/h2-9H,10H2,1H3. The van der Waals surface area contributed by atoms with Crippen molar-refractivity contribution < 1.29 is 4.74 Å². The van der Waals surface area contributed by atoms with Gasteiger partial charge in [-0.25, -0.2) is 9.67 Å². The molecule has 90 valence electrons. The summed E-state index contributed by atoms with van der Waals surface area (Å²) in [5.41, 5.74) is 2.04. The molecule has 3 aromatic rings. The summed E-state index contributed by atoms with van der Waals surface area (Å²) in [7, 11) is 1.63. The van der Waals surface area contributed by atoms with E-state index in [1.807, 2.05) is 35.0 Å². The fourth-order valence-corrected chi connectivity index (χ4v) is 2.00. The number of aromatic nitrogens is 3. The van der Waals surface area contributed by atoms with Gasteiger partial charge in [0, 0.05) is 6.20 Å².